The summed E-state index contributed by atoms with van der Waals surface area (Å²) in [6.45, 7) is 5.29. The molecule has 0 amide bonds. The predicted octanol–water partition coefficient (Wildman–Crippen LogP) is 2.65. The first-order valence-corrected chi connectivity index (χ1v) is 4.82. The van der Waals surface area contributed by atoms with Crippen molar-refractivity contribution in [3.8, 4) is 0 Å². The fraction of sp³-hybridized carbons (Fsp3) is 0.636. The molecule has 0 aromatic carbocycles. The van der Waals surface area contributed by atoms with Crippen LogP contribution in [0.15, 0.2) is 23.8 Å². The molecular weight excluding hydrogens is 146 g/mol. The van der Waals surface area contributed by atoms with Gasteiger partial charge in [0.1, 0.15) is 0 Å². The number of nitrogens with one attached hydrogen (secondary N) is 1. The Morgan fingerprint density at radius 2 is 2.42 bits per heavy atom. The van der Waals surface area contributed by atoms with E-state index in [0.29, 0.717) is 6.04 Å². The van der Waals surface area contributed by atoms with E-state index >= 15 is 0 Å². The van der Waals surface area contributed by atoms with E-state index in [2.05, 4.69) is 37.4 Å². The Bertz CT molecular complexity index is 175. The Balaban J connectivity index is 2.18. The van der Waals surface area contributed by atoms with E-state index in [1.807, 2.05) is 0 Å². The molecule has 1 aliphatic carbocycles. The van der Waals surface area contributed by atoms with Crippen molar-refractivity contribution in [3.63, 3.8) is 0 Å². The van der Waals surface area contributed by atoms with Crippen LogP contribution in [0.3, 0.4) is 0 Å². The zero-order chi connectivity index (χ0) is 8.81. The van der Waals surface area contributed by atoms with E-state index in [1.54, 1.807) is 0 Å². The maximum atomic E-state index is 3.49. The molecule has 0 aromatic rings. The lowest BCUT2D eigenvalue weighted by atomic mass is 10.0. The minimum absolute atomic E-state index is 0.620. The van der Waals surface area contributed by atoms with Gasteiger partial charge in [0.2, 0.25) is 0 Å². The minimum Gasteiger partial charge on any atom is -0.307 e. The van der Waals surface area contributed by atoms with Crippen molar-refractivity contribution in [1.82, 2.24) is 5.32 Å². The molecule has 1 nitrogen and oxygen atoms in total. The van der Waals surface area contributed by atoms with Gasteiger partial charge in [-0.1, -0.05) is 23.8 Å². The summed E-state index contributed by atoms with van der Waals surface area (Å²) in [6.07, 6.45) is 10.7. The van der Waals surface area contributed by atoms with Crippen LogP contribution in [0.2, 0.25) is 0 Å². The Morgan fingerprint density at radius 3 is 3.00 bits per heavy atom. The third kappa shape index (κ3) is 3.72. The highest BCUT2D eigenvalue weighted by molar-refractivity contribution is 5.00. The van der Waals surface area contributed by atoms with E-state index in [4.69, 9.17) is 0 Å². The van der Waals surface area contributed by atoms with Gasteiger partial charge in [0.25, 0.3) is 0 Å². The van der Waals surface area contributed by atoms with Crippen LogP contribution in [-0.2, 0) is 0 Å². The highest BCUT2D eigenvalue weighted by Crippen LogP contribution is 2.09. The zero-order valence-corrected chi connectivity index (χ0v) is 8.14. The summed E-state index contributed by atoms with van der Waals surface area (Å²) < 4.78 is 0. The normalized spacial score (nSPS) is 22.3. The molecule has 12 heavy (non-hydrogen) atoms. The monoisotopic (exact) mass is 165 g/mol. The molecule has 0 fully saturated rings. The lowest BCUT2D eigenvalue weighted by Crippen LogP contribution is -2.28. The van der Waals surface area contributed by atoms with Crippen LogP contribution in [0.1, 0.15) is 33.1 Å². The first-order valence-electron chi connectivity index (χ1n) is 4.82. The van der Waals surface area contributed by atoms with Gasteiger partial charge in [0.15, 0.2) is 0 Å². The summed E-state index contributed by atoms with van der Waals surface area (Å²) in [7, 11) is 0. The Kier molecular flexibility index (Phi) is 4.09. The lowest BCUT2D eigenvalue weighted by Gasteiger charge is -2.16. The molecule has 68 valence electrons. The third-order valence-corrected chi connectivity index (χ3v) is 2.14. The largest absolute Gasteiger partial charge is 0.307 e. The molecule has 0 aliphatic heterocycles. The molecule has 0 saturated heterocycles. The molecule has 0 saturated carbocycles. The van der Waals surface area contributed by atoms with Crippen molar-refractivity contribution in [2.75, 3.05) is 6.54 Å². The van der Waals surface area contributed by atoms with Crippen LogP contribution in [0.25, 0.3) is 0 Å². The van der Waals surface area contributed by atoms with Gasteiger partial charge in [-0.05, 0) is 33.1 Å². The molecule has 1 rings (SSSR count). The van der Waals surface area contributed by atoms with Crippen molar-refractivity contribution in [2.24, 2.45) is 0 Å². The van der Waals surface area contributed by atoms with Gasteiger partial charge in [-0.2, -0.15) is 0 Å². The smallest absolute Gasteiger partial charge is 0.0253 e. The highest BCUT2D eigenvalue weighted by Gasteiger charge is 2.05. The second-order valence-electron chi connectivity index (χ2n) is 3.66. The van der Waals surface area contributed by atoms with Gasteiger partial charge in [0.05, 0.1) is 0 Å². The number of hydrogen-bond acceptors (Lipinski definition) is 1. The maximum absolute atomic E-state index is 3.49. The van der Waals surface area contributed by atoms with Crippen molar-refractivity contribution in [2.45, 2.75) is 39.2 Å². The topological polar surface area (TPSA) is 12.0 Å². The van der Waals surface area contributed by atoms with E-state index < -0.39 is 0 Å². The van der Waals surface area contributed by atoms with Crippen molar-refractivity contribution >= 4 is 0 Å². The van der Waals surface area contributed by atoms with Crippen LogP contribution in [0.5, 0.6) is 0 Å². The Hall–Kier alpha value is -0.560. The Morgan fingerprint density at radius 1 is 1.58 bits per heavy atom. The average molecular weight is 165 g/mol. The number of hydrogen-bond donors (Lipinski definition) is 1. The van der Waals surface area contributed by atoms with E-state index in [0.717, 1.165) is 6.54 Å². The molecule has 0 spiro atoms. The predicted molar refractivity (Wildman–Crippen MR) is 54.2 cm³/mol. The second kappa shape index (κ2) is 5.15. The van der Waals surface area contributed by atoms with E-state index in [9.17, 15) is 0 Å². The van der Waals surface area contributed by atoms with Crippen LogP contribution >= 0.6 is 0 Å². The molecule has 1 heteroatoms. The van der Waals surface area contributed by atoms with Gasteiger partial charge in [-0.25, -0.2) is 0 Å². The summed E-state index contributed by atoms with van der Waals surface area (Å²) in [5.74, 6) is 0. The molecule has 1 aliphatic rings. The average Bonchev–Trinajstić information content (AvgIpc) is 2.05. The molecule has 0 heterocycles. The minimum atomic E-state index is 0.620. The van der Waals surface area contributed by atoms with E-state index in [1.165, 1.54) is 24.8 Å². The van der Waals surface area contributed by atoms with Gasteiger partial charge < -0.3 is 5.32 Å². The molecule has 1 atom stereocenters. The lowest BCUT2D eigenvalue weighted by molar-refractivity contribution is 0.547. The number of rotatable bonds is 3. The molecule has 0 radical (unpaired) electrons. The van der Waals surface area contributed by atoms with Gasteiger partial charge in [-0.3, -0.25) is 0 Å². The van der Waals surface area contributed by atoms with Crippen molar-refractivity contribution in [1.29, 1.82) is 0 Å². The quantitative estimate of drug-likeness (QED) is 0.634. The van der Waals surface area contributed by atoms with Gasteiger partial charge in [-0.15, -0.1) is 0 Å². The van der Waals surface area contributed by atoms with Crippen LogP contribution < -0.4 is 5.32 Å². The second-order valence-corrected chi connectivity index (χ2v) is 3.66. The molecule has 1 unspecified atom stereocenters. The molecular formula is C11H19N. The standard InChI is InChI=1S/C11H19N/c1-10(2)8-9-12-11-6-4-3-5-7-11/h4,6,8,11-12H,3,5,7,9H2,1-2H3. The Labute approximate surface area is 75.6 Å². The molecule has 0 bridgehead atoms. The first kappa shape index (κ1) is 9.53. The van der Waals surface area contributed by atoms with Crippen molar-refractivity contribution < 1.29 is 0 Å². The summed E-state index contributed by atoms with van der Waals surface area (Å²) in [6, 6.07) is 0.620. The number of allylic oxidation sites excluding steroid dienone is 2. The summed E-state index contributed by atoms with van der Waals surface area (Å²) in [5, 5.41) is 3.49. The first-order chi connectivity index (χ1) is 5.79. The zero-order valence-electron chi connectivity index (χ0n) is 8.14. The van der Waals surface area contributed by atoms with Gasteiger partial charge >= 0.3 is 0 Å². The van der Waals surface area contributed by atoms with E-state index in [-0.39, 0.29) is 0 Å². The van der Waals surface area contributed by atoms with Gasteiger partial charge in [0, 0.05) is 12.6 Å². The fourth-order valence-electron chi connectivity index (χ4n) is 1.40. The van der Waals surface area contributed by atoms with Crippen molar-refractivity contribution in [3.05, 3.63) is 23.8 Å². The van der Waals surface area contributed by atoms with Crippen LogP contribution in [-0.4, -0.2) is 12.6 Å². The maximum Gasteiger partial charge on any atom is 0.0253 e. The van der Waals surface area contributed by atoms with Crippen LogP contribution in [0.4, 0.5) is 0 Å². The molecule has 1 N–H and O–H groups in total. The van der Waals surface area contributed by atoms with Crippen LogP contribution in [0, 0.1) is 0 Å². The fourth-order valence-corrected chi connectivity index (χ4v) is 1.40. The SMILES string of the molecule is CC(C)=CCNC1C=CCCC1. The summed E-state index contributed by atoms with van der Waals surface area (Å²) in [5.41, 5.74) is 1.39. The summed E-state index contributed by atoms with van der Waals surface area (Å²) in [4.78, 5) is 0. The third-order valence-electron chi connectivity index (χ3n) is 2.14. The molecule has 0 aromatic heterocycles. The highest BCUT2D eigenvalue weighted by atomic mass is 14.9. The summed E-state index contributed by atoms with van der Waals surface area (Å²) >= 11 is 0.